The molecule has 1 amide bonds. The molecule has 0 spiro atoms. The minimum absolute atomic E-state index is 0.0159. The van der Waals surface area contributed by atoms with Gasteiger partial charge in [-0.3, -0.25) is 4.79 Å². The maximum atomic E-state index is 13.3. The van der Waals surface area contributed by atoms with E-state index in [-0.39, 0.29) is 17.7 Å². The highest BCUT2D eigenvalue weighted by atomic mass is 16.2. The molecule has 2 aliphatic rings. The van der Waals surface area contributed by atoms with E-state index in [1.165, 1.54) is 0 Å². The van der Waals surface area contributed by atoms with Gasteiger partial charge in [0.2, 0.25) is 5.91 Å². The maximum absolute atomic E-state index is 13.3. The molecule has 1 aliphatic heterocycles. The van der Waals surface area contributed by atoms with Crippen LogP contribution in [0, 0.1) is 28.6 Å². The summed E-state index contributed by atoms with van der Waals surface area (Å²) in [6.07, 6.45) is 9.16. The van der Waals surface area contributed by atoms with Crippen LogP contribution in [0.3, 0.4) is 0 Å². The molecule has 0 bridgehead atoms. The topological polar surface area (TPSA) is 79.2 Å². The Labute approximate surface area is 156 Å². The number of carbonyl (C=O) groups is 1. The zero-order chi connectivity index (χ0) is 18.8. The van der Waals surface area contributed by atoms with Gasteiger partial charge in [-0.15, -0.1) is 0 Å². The summed E-state index contributed by atoms with van der Waals surface area (Å²) >= 11 is 0. The van der Waals surface area contributed by atoms with E-state index in [1.54, 1.807) is 21.9 Å². The fourth-order valence-corrected chi connectivity index (χ4v) is 4.51. The van der Waals surface area contributed by atoms with Crippen LogP contribution in [-0.2, 0) is 11.8 Å². The second-order valence-corrected chi connectivity index (χ2v) is 7.74. The number of rotatable bonds is 3. The number of nitrogens with zero attached hydrogens (tertiary/aromatic N) is 6. The highest BCUT2D eigenvalue weighted by Crippen LogP contribution is 2.54. The van der Waals surface area contributed by atoms with Crippen LogP contribution in [0.1, 0.15) is 19.8 Å². The molecule has 4 heterocycles. The number of nitriles is 1. The average Bonchev–Trinajstić information content (AvgIpc) is 3.18. The molecule has 3 aromatic rings. The average molecular weight is 360 g/mol. The molecule has 5 rings (SSSR count). The van der Waals surface area contributed by atoms with Crippen LogP contribution in [-0.4, -0.2) is 31.6 Å². The van der Waals surface area contributed by atoms with Crippen molar-refractivity contribution in [1.29, 1.82) is 5.26 Å². The zero-order valence-corrected chi connectivity index (χ0v) is 15.3. The molecule has 2 atom stereocenters. The first kappa shape index (κ1) is 16.1. The molecule has 1 aliphatic carbocycles. The number of aromatic nitrogens is 4. The van der Waals surface area contributed by atoms with Crippen molar-refractivity contribution in [1.82, 2.24) is 19.2 Å². The minimum atomic E-state index is -0.877. The van der Waals surface area contributed by atoms with Crippen LogP contribution in [0.5, 0.6) is 0 Å². The lowest BCUT2D eigenvalue weighted by molar-refractivity contribution is -0.124. The van der Waals surface area contributed by atoms with E-state index in [0.717, 1.165) is 35.3 Å². The van der Waals surface area contributed by atoms with Gasteiger partial charge in [0.15, 0.2) is 0 Å². The summed E-state index contributed by atoms with van der Waals surface area (Å²) in [5.74, 6) is 0.156. The molecule has 0 unspecified atom stereocenters. The van der Waals surface area contributed by atoms with E-state index < -0.39 is 5.41 Å². The second-order valence-electron chi connectivity index (χ2n) is 7.74. The van der Waals surface area contributed by atoms with Crippen molar-refractivity contribution in [3.05, 3.63) is 37.1 Å². The summed E-state index contributed by atoms with van der Waals surface area (Å²) in [6, 6.07) is 6.29. The third kappa shape index (κ3) is 2.10. The summed E-state index contributed by atoms with van der Waals surface area (Å²) in [6.45, 7) is 2.59. The van der Waals surface area contributed by atoms with Crippen molar-refractivity contribution >= 4 is 17.1 Å². The molecular formula is C20H20N6O. The summed E-state index contributed by atoms with van der Waals surface area (Å²) in [7, 11) is 1.95. The van der Waals surface area contributed by atoms with Gasteiger partial charge in [0.25, 0.3) is 0 Å². The molecule has 0 N–H and O–H groups in total. The quantitative estimate of drug-likeness (QED) is 0.719. The first-order valence-corrected chi connectivity index (χ1v) is 9.23. The van der Waals surface area contributed by atoms with Gasteiger partial charge >= 0.3 is 0 Å². The number of anilines is 1. The van der Waals surface area contributed by atoms with Crippen LogP contribution in [0.15, 0.2) is 37.1 Å². The first-order valence-electron chi connectivity index (χ1n) is 9.23. The normalized spacial score (nSPS) is 25.3. The third-order valence-corrected chi connectivity index (χ3v) is 6.13. The van der Waals surface area contributed by atoms with Gasteiger partial charge in [0.05, 0.1) is 35.5 Å². The predicted octanol–water partition coefficient (Wildman–Crippen LogP) is 2.64. The Bertz CT molecular complexity index is 1100. The predicted molar refractivity (Wildman–Crippen MR) is 99.7 cm³/mol. The number of fused-ring (bicyclic) bond motifs is 1. The van der Waals surface area contributed by atoms with Crippen LogP contribution in [0.25, 0.3) is 16.8 Å². The van der Waals surface area contributed by atoms with Crippen LogP contribution >= 0.6 is 0 Å². The van der Waals surface area contributed by atoms with E-state index >= 15 is 0 Å². The lowest BCUT2D eigenvalue weighted by Gasteiger charge is -2.23. The number of amides is 1. The third-order valence-electron chi connectivity index (χ3n) is 6.13. The summed E-state index contributed by atoms with van der Waals surface area (Å²) in [5.41, 5.74) is 2.77. The van der Waals surface area contributed by atoms with E-state index in [1.807, 2.05) is 43.1 Å². The molecule has 136 valence electrons. The molecule has 0 radical (unpaired) electrons. The van der Waals surface area contributed by atoms with Crippen molar-refractivity contribution in [3.63, 3.8) is 0 Å². The van der Waals surface area contributed by atoms with E-state index in [2.05, 4.69) is 16.2 Å². The van der Waals surface area contributed by atoms with Crippen molar-refractivity contribution in [2.75, 3.05) is 11.4 Å². The Morgan fingerprint density at radius 1 is 1.37 bits per heavy atom. The SMILES string of the molecule is C[C@@H]1CN(c2ccnn3cc(-c4cncn4C)cc23)C(=O)[C@]1(C#N)C1CC1. The van der Waals surface area contributed by atoms with Crippen molar-refractivity contribution in [2.24, 2.45) is 24.3 Å². The maximum Gasteiger partial charge on any atom is 0.248 e. The van der Waals surface area contributed by atoms with Gasteiger partial charge in [-0.1, -0.05) is 6.92 Å². The van der Waals surface area contributed by atoms with E-state index in [9.17, 15) is 10.1 Å². The number of hydrogen-bond donors (Lipinski definition) is 0. The molecular weight excluding hydrogens is 340 g/mol. The molecule has 3 aromatic heterocycles. The molecule has 0 aromatic carbocycles. The minimum Gasteiger partial charge on any atom is -0.334 e. The summed E-state index contributed by atoms with van der Waals surface area (Å²) in [5, 5.41) is 14.3. The van der Waals surface area contributed by atoms with Gasteiger partial charge in [0.1, 0.15) is 5.41 Å². The fourth-order valence-electron chi connectivity index (χ4n) is 4.51. The smallest absolute Gasteiger partial charge is 0.248 e. The van der Waals surface area contributed by atoms with Crippen molar-refractivity contribution in [3.8, 4) is 17.3 Å². The number of carbonyl (C=O) groups excluding carboxylic acids is 1. The lowest BCUT2D eigenvalue weighted by atomic mass is 9.75. The first-order chi connectivity index (χ1) is 13.1. The molecule has 7 nitrogen and oxygen atoms in total. The van der Waals surface area contributed by atoms with Crippen molar-refractivity contribution < 1.29 is 4.79 Å². The Kier molecular flexibility index (Phi) is 3.23. The Morgan fingerprint density at radius 3 is 2.85 bits per heavy atom. The Morgan fingerprint density at radius 2 is 2.19 bits per heavy atom. The molecule has 7 heteroatoms. The standard InChI is InChI=1S/C20H20N6O/c1-13-9-25(19(27)20(13,11-21)15-3-4-15)16-5-6-23-26-10-14(7-17(16)26)18-8-22-12-24(18)2/h5-8,10,12-13,15H,3-4,9H2,1-2H3/t13-,20+/m1/s1. The van der Waals surface area contributed by atoms with Gasteiger partial charge in [-0.25, -0.2) is 9.50 Å². The molecule has 1 saturated heterocycles. The van der Waals surface area contributed by atoms with Gasteiger partial charge < -0.3 is 9.47 Å². The highest BCUT2D eigenvalue weighted by Gasteiger charge is 2.61. The molecule has 2 fully saturated rings. The zero-order valence-electron chi connectivity index (χ0n) is 15.3. The highest BCUT2D eigenvalue weighted by molar-refractivity contribution is 6.05. The van der Waals surface area contributed by atoms with Crippen LogP contribution in [0.2, 0.25) is 0 Å². The van der Waals surface area contributed by atoms with Gasteiger partial charge in [-0.2, -0.15) is 10.4 Å². The fraction of sp³-hybridized carbons (Fsp3) is 0.400. The Hall–Kier alpha value is -3.14. The van der Waals surface area contributed by atoms with E-state index in [4.69, 9.17) is 0 Å². The molecule has 1 saturated carbocycles. The number of hydrogen-bond acceptors (Lipinski definition) is 4. The molecule has 27 heavy (non-hydrogen) atoms. The van der Waals surface area contributed by atoms with Crippen molar-refractivity contribution in [2.45, 2.75) is 19.8 Å². The largest absolute Gasteiger partial charge is 0.334 e. The van der Waals surface area contributed by atoms with Gasteiger partial charge in [-0.05, 0) is 30.9 Å². The summed E-state index contributed by atoms with van der Waals surface area (Å²) in [4.78, 5) is 19.3. The summed E-state index contributed by atoms with van der Waals surface area (Å²) < 4.78 is 3.74. The van der Waals surface area contributed by atoms with Crippen LogP contribution < -0.4 is 4.90 Å². The Balaban J connectivity index is 1.62. The van der Waals surface area contributed by atoms with Gasteiger partial charge in [0, 0.05) is 37.5 Å². The lowest BCUT2D eigenvalue weighted by Crippen LogP contribution is -2.37. The van der Waals surface area contributed by atoms with E-state index in [0.29, 0.717) is 6.54 Å². The number of imidazole rings is 1. The second kappa shape index (κ2) is 5.43. The van der Waals surface area contributed by atoms with Crippen LogP contribution in [0.4, 0.5) is 5.69 Å². The number of aryl methyl sites for hydroxylation is 1. The monoisotopic (exact) mass is 360 g/mol.